The molecule has 0 heterocycles. The summed E-state index contributed by atoms with van der Waals surface area (Å²) >= 11 is 0. The maximum Gasteiger partial charge on any atom is 0.159 e. The fourth-order valence-corrected chi connectivity index (χ4v) is 0.905. The predicted octanol–water partition coefficient (Wildman–Crippen LogP) is 2.18. The smallest absolute Gasteiger partial charge is 0.159 e. The first kappa shape index (κ1) is 11.8. The number of rotatable bonds is 7. The quantitative estimate of drug-likeness (QED) is 0.601. The Labute approximate surface area is 70.6 Å². The number of aliphatic hydroxyl groups excluding tert-OH is 1. The Balaban J connectivity index is 3.24. The maximum atomic E-state index is 12.5. The third-order valence-corrected chi connectivity index (χ3v) is 1.68. The van der Waals surface area contributed by atoms with Crippen LogP contribution in [-0.2, 0) is 0 Å². The van der Waals surface area contributed by atoms with Gasteiger partial charge in [-0.1, -0.05) is 12.8 Å². The SMILES string of the molecule is OCCCCCC(F)C(F)CF. The lowest BCUT2D eigenvalue weighted by atomic mass is 10.1. The van der Waals surface area contributed by atoms with Gasteiger partial charge < -0.3 is 5.11 Å². The van der Waals surface area contributed by atoms with Crippen LogP contribution in [0.15, 0.2) is 0 Å². The number of aliphatic hydroxyl groups is 1. The molecule has 2 atom stereocenters. The largest absolute Gasteiger partial charge is 0.396 e. The lowest BCUT2D eigenvalue weighted by Crippen LogP contribution is -2.19. The molecule has 0 aliphatic rings. The van der Waals surface area contributed by atoms with Gasteiger partial charge in [0.25, 0.3) is 0 Å². The van der Waals surface area contributed by atoms with Crippen molar-refractivity contribution in [2.45, 2.75) is 38.0 Å². The van der Waals surface area contributed by atoms with Crippen LogP contribution < -0.4 is 0 Å². The number of halogens is 3. The molecule has 12 heavy (non-hydrogen) atoms. The van der Waals surface area contributed by atoms with Gasteiger partial charge in [-0.25, -0.2) is 13.2 Å². The molecule has 1 N–H and O–H groups in total. The summed E-state index contributed by atoms with van der Waals surface area (Å²) in [4.78, 5) is 0. The molecular weight excluding hydrogens is 169 g/mol. The van der Waals surface area contributed by atoms with Crippen LogP contribution >= 0.6 is 0 Å². The van der Waals surface area contributed by atoms with Gasteiger partial charge in [0, 0.05) is 6.61 Å². The minimum atomic E-state index is -1.97. The van der Waals surface area contributed by atoms with Gasteiger partial charge in [0.15, 0.2) is 6.17 Å². The fourth-order valence-electron chi connectivity index (χ4n) is 0.905. The highest BCUT2D eigenvalue weighted by atomic mass is 19.2. The van der Waals surface area contributed by atoms with E-state index in [1.54, 1.807) is 0 Å². The zero-order valence-electron chi connectivity index (χ0n) is 6.98. The van der Waals surface area contributed by atoms with Crippen LogP contribution in [0.1, 0.15) is 25.7 Å². The van der Waals surface area contributed by atoms with Crippen molar-refractivity contribution in [1.29, 1.82) is 0 Å². The van der Waals surface area contributed by atoms with Gasteiger partial charge in [0.1, 0.15) is 12.8 Å². The monoisotopic (exact) mass is 184 g/mol. The first-order chi connectivity index (χ1) is 5.72. The molecule has 0 rings (SSSR count). The van der Waals surface area contributed by atoms with Crippen molar-refractivity contribution < 1.29 is 18.3 Å². The van der Waals surface area contributed by atoms with Gasteiger partial charge in [0.05, 0.1) is 0 Å². The molecule has 0 bridgehead atoms. The summed E-state index contributed by atoms with van der Waals surface area (Å²) in [5, 5.41) is 8.36. The third kappa shape index (κ3) is 5.41. The van der Waals surface area contributed by atoms with E-state index in [9.17, 15) is 13.2 Å². The van der Waals surface area contributed by atoms with Gasteiger partial charge in [-0.05, 0) is 12.8 Å². The molecule has 0 aromatic heterocycles. The summed E-state index contributed by atoms with van der Waals surface area (Å²) in [6.45, 7) is -1.18. The van der Waals surface area contributed by atoms with Crippen molar-refractivity contribution in [3.8, 4) is 0 Å². The first-order valence-electron chi connectivity index (χ1n) is 4.17. The Morgan fingerprint density at radius 2 is 1.67 bits per heavy atom. The van der Waals surface area contributed by atoms with Gasteiger partial charge >= 0.3 is 0 Å². The molecule has 74 valence electrons. The van der Waals surface area contributed by atoms with Crippen LogP contribution in [0.5, 0.6) is 0 Å². The molecule has 0 aromatic rings. The van der Waals surface area contributed by atoms with Crippen LogP contribution in [-0.4, -0.2) is 30.7 Å². The second kappa shape index (κ2) is 7.40. The van der Waals surface area contributed by atoms with Crippen LogP contribution in [0.2, 0.25) is 0 Å². The summed E-state index contributed by atoms with van der Waals surface area (Å²) in [6.07, 6.45) is -1.85. The van der Waals surface area contributed by atoms with E-state index < -0.39 is 19.0 Å². The molecule has 1 nitrogen and oxygen atoms in total. The van der Waals surface area contributed by atoms with Gasteiger partial charge in [0.2, 0.25) is 0 Å². The molecule has 0 spiro atoms. The Morgan fingerprint density at radius 3 is 2.17 bits per heavy atom. The summed E-state index contributed by atoms with van der Waals surface area (Å²) in [5.41, 5.74) is 0. The van der Waals surface area contributed by atoms with Crippen LogP contribution in [0.3, 0.4) is 0 Å². The van der Waals surface area contributed by atoms with E-state index in [-0.39, 0.29) is 13.0 Å². The number of alkyl halides is 3. The molecule has 0 aliphatic carbocycles. The molecule has 0 fully saturated rings. The highest BCUT2D eigenvalue weighted by Crippen LogP contribution is 2.13. The van der Waals surface area contributed by atoms with Crippen molar-refractivity contribution in [1.82, 2.24) is 0 Å². The Morgan fingerprint density at radius 1 is 1.00 bits per heavy atom. The summed E-state index contributed by atoms with van der Waals surface area (Å²) in [6, 6.07) is 0. The number of hydrogen-bond donors (Lipinski definition) is 1. The van der Waals surface area contributed by atoms with Crippen molar-refractivity contribution in [2.75, 3.05) is 13.3 Å². The number of unbranched alkanes of at least 4 members (excludes halogenated alkanes) is 2. The molecule has 0 saturated carbocycles. The molecule has 0 amide bonds. The standard InChI is InChI=1S/C8H15F3O/c9-6-8(11)7(10)4-2-1-3-5-12/h7-8,12H,1-6H2. The molecule has 0 aromatic carbocycles. The van der Waals surface area contributed by atoms with Gasteiger partial charge in [-0.2, -0.15) is 0 Å². The van der Waals surface area contributed by atoms with Crippen LogP contribution in [0, 0.1) is 0 Å². The molecule has 4 heteroatoms. The summed E-state index contributed by atoms with van der Waals surface area (Å²) < 4.78 is 36.3. The average molecular weight is 184 g/mol. The van der Waals surface area contributed by atoms with Crippen LogP contribution in [0.4, 0.5) is 13.2 Å². The maximum absolute atomic E-state index is 12.5. The molecular formula is C8H15F3O. The van der Waals surface area contributed by atoms with E-state index in [2.05, 4.69) is 0 Å². The number of hydrogen-bond acceptors (Lipinski definition) is 1. The molecule has 0 radical (unpaired) electrons. The van der Waals surface area contributed by atoms with E-state index in [1.807, 2.05) is 0 Å². The topological polar surface area (TPSA) is 20.2 Å². The first-order valence-corrected chi connectivity index (χ1v) is 4.17. The Bertz CT molecular complexity index is 100. The van der Waals surface area contributed by atoms with Gasteiger partial charge in [-0.15, -0.1) is 0 Å². The normalized spacial score (nSPS) is 16.0. The minimum Gasteiger partial charge on any atom is -0.396 e. The van der Waals surface area contributed by atoms with Crippen molar-refractivity contribution in [3.05, 3.63) is 0 Å². The average Bonchev–Trinajstić information content (AvgIpc) is 2.10. The van der Waals surface area contributed by atoms with E-state index in [0.717, 1.165) is 0 Å². The fraction of sp³-hybridized carbons (Fsp3) is 1.00. The van der Waals surface area contributed by atoms with Gasteiger partial charge in [-0.3, -0.25) is 0 Å². The third-order valence-electron chi connectivity index (χ3n) is 1.68. The van der Waals surface area contributed by atoms with Crippen LogP contribution in [0.25, 0.3) is 0 Å². The molecule has 2 unspecified atom stereocenters. The summed E-state index contributed by atoms with van der Waals surface area (Å²) in [7, 11) is 0. The van der Waals surface area contributed by atoms with Crippen molar-refractivity contribution in [2.24, 2.45) is 0 Å². The Hall–Kier alpha value is -0.250. The van der Waals surface area contributed by atoms with Crippen molar-refractivity contribution >= 4 is 0 Å². The zero-order chi connectivity index (χ0) is 9.40. The molecule has 0 aliphatic heterocycles. The zero-order valence-corrected chi connectivity index (χ0v) is 6.98. The Kier molecular flexibility index (Phi) is 7.25. The van der Waals surface area contributed by atoms with E-state index in [1.165, 1.54) is 0 Å². The second-order valence-electron chi connectivity index (χ2n) is 2.76. The lowest BCUT2D eigenvalue weighted by molar-refractivity contribution is 0.127. The highest BCUT2D eigenvalue weighted by Gasteiger charge is 2.18. The van der Waals surface area contributed by atoms with E-state index >= 15 is 0 Å². The van der Waals surface area contributed by atoms with E-state index in [0.29, 0.717) is 19.3 Å². The summed E-state index contributed by atoms with van der Waals surface area (Å²) in [5.74, 6) is 0. The predicted molar refractivity (Wildman–Crippen MR) is 41.3 cm³/mol. The second-order valence-corrected chi connectivity index (χ2v) is 2.76. The molecule has 0 saturated heterocycles. The highest BCUT2D eigenvalue weighted by molar-refractivity contribution is 4.66. The van der Waals surface area contributed by atoms with E-state index in [4.69, 9.17) is 5.11 Å². The lowest BCUT2D eigenvalue weighted by Gasteiger charge is -2.09. The van der Waals surface area contributed by atoms with Crippen molar-refractivity contribution in [3.63, 3.8) is 0 Å². The minimum absolute atomic E-state index is 0.0467.